The maximum atomic E-state index is 5.93. The minimum Gasteiger partial charge on any atom is -0.489 e. The third kappa shape index (κ3) is 3.04. The van der Waals surface area contributed by atoms with E-state index in [1.807, 2.05) is 13.8 Å². The summed E-state index contributed by atoms with van der Waals surface area (Å²) in [4.78, 5) is 0. The summed E-state index contributed by atoms with van der Waals surface area (Å²) in [5.74, 6) is 0.616. The largest absolute Gasteiger partial charge is 0.489 e. The molecular weight excluding hydrogens is 275 g/mol. The van der Waals surface area contributed by atoms with Gasteiger partial charge in [0.2, 0.25) is 0 Å². The highest BCUT2D eigenvalue weighted by molar-refractivity contribution is 9.10. The number of hydrogen-bond acceptors (Lipinski definition) is 1. The molecule has 0 aliphatic heterocycles. The fourth-order valence-electron chi connectivity index (χ4n) is 0.849. The molecule has 72 valence electrons. The Morgan fingerprint density at radius 2 is 1.85 bits per heavy atom. The Hall–Kier alpha value is 0.0800. The number of rotatable bonds is 2. The van der Waals surface area contributed by atoms with Crippen LogP contribution in [0.4, 0.5) is 0 Å². The molecule has 0 atom stereocenters. The molecule has 0 bridgehead atoms. The lowest BCUT2D eigenvalue weighted by Gasteiger charge is -2.11. The van der Waals surface area contributed by atoms with Crippen molar-refractivity contribution in [3.05, 3.63) is 26.7 Å². The molecule has 1 aromatic rings. The van der Waals surface area contributed by atoms with Crippen molar-refractivity contribution in [1.82, 2.24) is 0 Å². The molecule has 0 heterocycles. The van der Waals surface area contributed by atoms with E-state index in [4.69, 9.17) is 27.9 Å². The van der Waals surface area contributed by atoms with Crippen molar-refractivity contribution in [3.8, 4) is 5.75 Å². The standard InChI is InChI=1S/C9H9BrCl2O/c1-5(2)13-9-4-7(11)6(10)3-8(9)12/h3-5H,1-2H3. The highest BCUT2D eigenvalue weighted by Gasteiger charge is 2.07. The van der Waals surface area contributed by atoms with Gasteiger partial charge in [0, 0.05) is 10.5 Å². The monoisotopic (exact) mass is 282 g/mol. The summed E-state index contributed by atoms with van der Waals surface area (Å²) >= 11 is 15.1. The third-order valence-corrected chi connectivity index (χ3v) is 2.83. The third-order valence-electron chi connectivity index (χ3n) is 1.34. The second kappa shape index (κ2) is 4.54. The Labute approximate surface area is 96.1 Å². The molecular formula is C9H9BrCl2O. The molecule has 1 aromatic carbocycles. The Kier molecular flexibility index (Phi) is 3.89. The molecule has 0 saturated heterocycles. The molecule has 0 aliphatic rings. The van der Waals surface area contributed by atoms with Crippen LogP contribution in [-0.4, -0.2) is 6.10 Å². The first-order chi connectivity index (χ1) is 6.00. The lowest BCUT2D eigenvalue weighted by atomic mass is 10.3. The quantitative estimate of drug-likeness (QED) is 0.724. The van der Waals surface area contributed by atoms with E-state index in [1.165, 1.54) is 0 Å². The predicted octanol–water partition coefficient (Wildman–Crippen LogP) is 4.54. The summed E-state index contributed by atoms with van der Waals surface area (Å²) in [6, 6.07) is 3.43. The molecule has 0 amide bonds. The van der Waals surface area contributed by atoms with Gasteiger partial charge in [-0.05, 0) is 35.8 Å². The van der Waals surface area contributed by atoms with Crippen molar-refractivity contribution in [2.75, 3.05) is 0 Å². The van der Waals surface area contributed by atoms with Gasteiger partial charge >= 0.3 is 0 Å². The average molecular weight is 284 g/mol. The second-order valence-corrected chi connectivity index (χ2v) is 4.53. The molecule has 0 spiro atoms. The van der Waals surface area contributed by atoms with Crippen LogP contribution in [0, 0.1) is 0 Å². The van der Waals surface area contributed by atoms with E-state index in [-0.39, 0.29) is 6.10 Å². The molecule has 0 fully saturated rings. The van der Waals surface area contributed by atoms with Gasteiger partial charge in [0.05, 0.1) is 16.1 Å². The summed E-state index contributed by atoms with van der Waals surface area (Å²) in [6.07, 6.45) is 0.0924. The van der Waals surface area contributed by atoms with Crippen LogP contribution in [0.5, 0.6) is 5.75 Å². The highest BCUT2D eigenvalue weighted by atomic mass is 79.9. The van der Waals surface area contributed by atoms with E-state index < -0.39 is 0 Å². The van der Waals surface area contributed by atoms with Gasteiger partial charge in [-0.2, -0.15) is 0 Å². The minimum atomic E-state index is 0.0924. The first-order valence-corrected chi connectivity index (χ1v) is 5.37. The van der Waals surface area contributed by atoms with E-state index in [2.05, 4.69) is 15.9 Å². The molecule has 0 radical (unpaired) electrons. The van der Waals surface area contributed by atoms with Gasteiger partial charge < -0.3 is 4.74 Å². The van der Waals surface area contributed by atoms with Crippen molar-refractivity contribution in [3.63, 3.8) is 0 Å². The SMILES string of the molecule is CC(C)Oc1cc(Cl)c(Br)cc1Cl. The van der Waals surface area contributed by atoms with E-state index in [0.29, 0.717) is 15.8 Å². The van der Waals surface area contributed by atoms with Gasteiger partial charge in [-0.1, -0.05) is 23.2 Å². The molecule has 0 aromatic heterocycles. The topological polar surface area (TPSA) is 9.23 Å². The average Bonchev–Trinajstić information content (AvgIpc) is 1.99. The zero-order chi connectivity index (χ0) is 10.0. The fraction of sp³-hybridized carbons (Fsp3) is 0.333. The van der Waals surface area contributed by atoms with E-state index in [9.17, 15) is 0 Å². The van der Waals surface area contributed by atoms with Crippen molar-refractivity contribution in [2.24, 2.45) is 0 Å². The highest BCUT2D eigenvalue weighted by Crippen LogP contribution is 2.34. The van der Waals surface area contributed by atoms with Crippen molar-refractivity contribution < 1.29 is 4.74 Å². The van der Waals surface area contributed by atoms with Crippen LogP contribution in [-0.2, 0) is 0 Å². The first-order valence-electron chi connectivity index (χ1n) is 3.82. The van der Waals surface area contributed by atoms with Crippen LogP contribution in [0.1, 0.15) is 13.8 Å². The van der Waals surface area contributed by atoms with Gasteiger partial charge in [0.1, 0.15) is 5.75 Å². The van der Waals surface area contributed by atoms with E-state index >= 15 is 0 Å². The zero-order valence-electron chi connectivity index (χ0n) is 7.27. The number of halogens is 3. The molecule has 1 nitrogen and oxygen atoms in total. The predicted molar refractivity (Wildman–Crippen MR) is 59.9 cm³/mol. The number of ether oxygens (including phenoxy) is 1. The van der Waals surface area contributed by atoms with Crippen LogP contribution in [0.3, 0.4) is 0 Å². The Balaban J connectivity index is 3.01. The zero-order valence-corrected chi connectivity index (χ0v) is 10.4. The smallest absolute Gasteiger partial charge is 0.139 e. The van der Waals surface area contributed by atoms with Crippen LogP contribution < -0.4 is 4.74 Å². The van der Waals surface area contributed by atoms with Crippen LogP contribution >= 0.6 is 39.1 Å². The maximum absolute atomic E-state index is 5.93. The Morgan fingerprint density at radius 3 is 2.38 bits per heavy atom. The minimum absolute atomic E-state index is 0.0924. The molecule has 0 saturated carbocycles. The normalized spacial score (nSPS) is 10.6. The van der Waals surface area contributed by atoms with Crippen LogP contribution in [0.15, 0.2) is 16.6 Å². The molecule has 4 heteroatoms. The van der Waals surface area contributed by atoms with Crippen LogP contribution in [0.25, 0.3) is 0 Å². The van der Waals surface area contributed by atoms with Crippen molar-refractivity contribution in [1.29, 1.82) is 0 Å². The molecule has 0 unspecified atom stereocenters. The molecule has 0 N–H and O–H groups in total. The molecule has 0 aliphatic carbocycles. The van der Waals surface area contributed by atoms with E-state index in [1.54, 1.807) is 12.1 Å². The second-order valence-electron chi connectivity index (χ2n) is 2.86. The van der Waals surface area contributed by atoms with E-state index in [0.717, 1.165) is 4.47 Å². The molecule has 13 heavy (non-hydrogen) atoms. The summed E-state index contributed by atoms with van der Waals surface area (Å²) < 4.78 is 6.22. The molecule has 1 rings (SSSR count). The van der Waals surface area contributed by atoms with Gasteiger partial charge in [0.25, 0.3) is 0 Å². The lowest BCUT2D eigenvalue weighted by Crippen LogP contribution is -2.05. The van der Waals surface area contributed by atoms with Crippen molar-refractivity contribution in [2.45, 2.75) is 20.0 Å². The Morgan fingerprint density at radius 1 is 1.23 bits per heavy atom. The van der Waals surface area contributed by atoms with Gasteiger partial charge in [-0.3, -0.25) is 0 Å². The summed E-state index contributed by atoms with van der Waals surface area (Å²) in [6.45, 7) is 3.87. The Bertz CT molecular complexity index is 313. The lowest BCUT2D eigenvalue weighted by molar-refractivity contribution is 0.242. The van der Waals surface area contributed by atoms with Crippen LogP contribution in [0.2, 0.25) is 10.0 Å². The van der Waals surface area contributed by atoms with Gasteiger partial charge in [0.15, 0.2) is 0 Å². The summed E-state index contributed by atoms with van der Waals surface area (Å²) in [5, 5.41) is 1.16. The van der Waals surface area contributed by atoms with Crippen molar-refractivity contribution >= 4 is 39.1 Å². The van der Waals surface area contributed by atoms with Gasteiger partial charge in [-0.25, -0.2) is 0 Å². The maximum Gasteiger partial charge on any atom is 0.139 e. The first kappa shape index (κ1) is 11.2. The number of benzene rings is 1. The summed E-state index contributed by atoms with van der Waals surface area (Å²) in [7, 11) is 0. The number of hydrogen-bond donors (Lipinski definition) is 0. The van der Waals surface area contributed by atoms with Gasteiger partial charge in [-0.15, -0.1) is 0 Å². The fourth-order valence-corrected chi connectivity index (χ4v) is 1.69. The summed E-state index contributed by atoms with van der Waals surface area (Å²) in [5.41, 5.74) is 0.